The number of rotatable bonds is 10. The van der Waals surface area contributed by atoms with E-state index < -0.39 is 35.2 Å². The van der Waals surface area contributed by atoms with Gasteiger partial charge in [-0.15, -0.1) is 0 Å². The van der Waals surface area contributed by atoms with Crippen LogP contribution >= 0.6 is 0 Å². The number of carbonyl (C=O) groups excluding carboxylic acids is 1. The van der Waals surface area contributed by atoms with Crippen LogP contribution in [-0.4, -0.2) is 21.8 Å². The normalized spacial score (nSPS) is 11.2. The minimum Gasteiger partial charge on any atom is -0.481 e. The summed E-state index contributed by atoms with van der Waals surface area (Å²) in [5, 5.41) is 21.3. The second-order valence-electron chi connectivity index (χ2n) is 9.44. The van der Waals surface area contributed by atoms with Gasteiger partial charge in [0.2, 0.25) is 0 Å². The Hall–Kier alpha value is -5.18. The number of pyridine rings is 1. The van der Waals surface area contributed by atoms with Crippen molar-refractivity contribution in [2.24, 2.45) is 0 Å². The molecule has 0 fully saturated rings. The van der Waals surface area contributed by atoms with Gasteiger partial charge in [0.15, 0.2) is 17.4 Å². The Morgan fingerprint density at radius 1 is 0.860 bits per heavy atom. The number of carboxylic acids is 1. The second kappa shape index (κ2) is 12.8. The molecule has 1 heterocycles. The van der Waals surface area contributed by atoms with Crippen LogP contribution in [0.3, 0.4) is 0 Å². The number of alkyl halides is 3. The van der Waals surface area contributed by atoms with Gasteiger partial charge in [-0.05, 0) is 71.1 Å². The second-order valence-corrected chi connectivity index (χ2v) is 9.44. The highest BCUT2D eigenvalue weighted by Gasteiger charge is 2.34. The zero-order valence-electron chi connectivity index (χ0n) is 22.1. The first-order chi connectivity index (χ1) is 20.4. The zero-order valence-corrected chi connectivity index (χ0v) is 22.1. The Kier molecular flexibility index (Phi) is 9.14. The molecule has 0 unspecified atom stereocenters. The average Bonchev–Trinajstić information content (AvgIpc) is 2.97. The van der Waals surface area contributed by atoms with E-state index in [2.05, 4.69) is 10.3 Å². The Labute approximate surface area is 241 Å². The number of benzene rings is 3. The predicted molar refractivity (Wildman–Crippen MR) is 144 cm³/mol. The van der Waals surface area contributed by atoms with Gasteiger partial charge in [-0.2, -0.15) is 18.4 Å². The maximum Gasteiger partial charge on any atom is 0.419 e. The van der Waals surface area contributed by atoms with E-state index in [1.54, 1.807) is 0 Å². The van der Waals surface area contributed by atoms with E-state index in [4.69, 9.17) is 5.11 Å². The number of carbonyl (C=O) groups is 2. The van der Waals surface area contributed by atoms with Gasteiger partial charge in [0.05, 0.1) is 17.2 Å². The molecule has 0 radical (unpaired) electrons. The third-order valence-electron chi connectivity index (χ3n) is 6.51. The number of nitriles is 1. The standard InChI is InChI=1S/C31H21F6N3O3/c32-25-8-4-17(11-24(25)31(35,36)37)22-7-6-21(10-19(22)14-38)39-16-20-12-26(33)27(34)13-23(20)18-5-9-28(40-15-18)29(41)2-1-3-30(42)43/h4-13,15,39H,1-3,16H2,(H,42,43). The monoisotopic (exact) mass is 597 g/mol. The highest BCUT2D eigenvalue weighted by molar-refractivity contribution is 5.94. The van der Waals surface area contributed by atoms with Crippen LogP contribution in [0.2, 0.25) is 0 Å². The maximum absolute atomic E-state index is 14.2. The molecule has 3 aromatic carbocycles. The number of aliphatic carboxylic acids is 1. The van der Waals surface area contributed by atoms with E-state index in [1.165, 1.54) is 36.5 Å². The Morgan fingerprint density at radius 2 is 1.58 bits per heavy atom. The number of nitrogens with one attached hydrogen (secondary N) is 1. The van der Waals surface area contributed by atoms with Crippen molar-refractivity contribution in [1.82, 2.24) is 4.98 Å². The molecule has 2 N–H and O–H groups in total. The fourth-order valence-electron chi connectivity index (χ4n) is 4.36. The summed E-state index contributed by atoms with van der Waals surface area (Å²) in [5.74, 6) is -5.08. The van der Waals surface area contributed by atoms with Crippen molar-refractivity contribution in [3.63, 3.8) is 0 Å². The van der Waals surface area contributed by atoms with Crippen molar-refractivity contribution < 1.29 is 41.0 Å². The predicted octanol–water partition coefficient (Wildman–Crippen LogP) is 7.77. The molecule has 0 saturated carbocycles. The number of hydrogen-bond acceptors (Lipinski definition) is 5. The van der Waals surface area contributed by atoms with Crippen LogP contribution in [0.15, 0.2) is 66.9 Å². The molecule has 0 aliphatic rings. The van der Waals surface area contributed by atoms with Crippen LogP contribution in [0.1, 0.15) is 46.4 Å². The lowest BCUT2D eigenvalue weighted by Gasteiger charge is -2.15. The molecule has 4 rings (SSSR count). The van der Waals surface area contributed by atoms with Crippen LogP contribution < -0.4 is 5.32 Å². The van der Waals surface area contributed by atoms with Gasteiger partial charge in [-0.1, -0.05) is 18.2 Å². The molecule has 0 aliphatic heterocycles. The van der Waals surface area contributed by atoms with Crippen LogP contribution in [0.25, 0.3) is 22.3 Å². The van der Waals surface area contributed by atoms with Gasteiger partial charge in [0.25, 0.3) is 0 Å². The molecule has 0 spiro atoms. The summed E-state index contributed by atoms with van der Waals surface area (Å²) in [6, 6.07) is 13.4. The molecule has 0 aliphatic carbocycles. The quantitative estimate of drug-likeness (QED) is 0.143. The van der Waals surface area contributed by atoms with E-state index in [-0.39, 0.29) is 65.1 Å². The fraction of sp³-hybridized carbons (Fsp3) is 0.161. The first kappa shape index (κ1) is 30.8. The summed E-state index contributed by atoms with van der Waals surface area (Å²) in [6.07, 6.45) is -3.67. The van der Waals surface area contributed by atoms with Crippen LogP contribution in [-0.2, 0) is 17.5 Å². The molecule has 1 aromatic heterocycles. The molecule has 0 saturated heterocycles. The van der Waals surface area contributed by atoms with Crippen LogP contribution in [0, 0.1) is 28.8 Å². The molecular formula is C31H21F6N3O3. The minimum absolute atomic E-state index is 0.0111. The number of halogens is 6. The Morgan fingerprint density at radius 3 is 2.23 bits per heavy atom. The summed E-state index contributed by atoms with van der Waals surface area (Å²) >= 11 is 0. The molecule has 6 nitrogen and oxygen atoms in total. The molecule has 220 valence electrons. The van der Waals surface area contributed by atoms with Gasteiger partial charge < -0.3 is 10.4 Å². The number of aromatic nitrogens is 1. The van der Waals surface area contributed by atoms with Crippen molar-refractivity contribution in [2.45, 2.75) is 32.0 Å². The van der Waals surface area contributed by atoms with Crippen molar-refractivity contribution in [1.29, 1.82) is 5.26 Å². The van der Waals surface area contributed by atoms with E-state index in [9.17, 15) is 41.2 Å². The molecule has 0 bridgehead atoms. The number of hydrogen-bond donors (Lipinski definition) is 2. The fourth-order valence-corrected chi connectivity index (χ4v) is 4.36. The third kappa shape index (κ3) is 7.37. The van der Waals surface area contributed by atoms with Crippen molar-refractivity contribution >= 4 is 17.4 Å². The number of nitrogens with zero attached hydrogens (tertiary/aromatic N) is 2. The average molecular weight is 598 g/mol. The third-order valence-corrected chi connectivity index (χ3v) is 6.51. The summed E-state index contributed by atoms with van der Waals surface area (Å²) in [4.78, 5) is 27.0. The van der Waals surface area contributed by atoms with Crippen LogP contribution in [0.5, 0.6) is 0 Å². The highest BCUT2D eigenvalue weighted by Crippen LogP contribution is 2.36. The smallest absolute Gasteiger partial charge is 0.419 e. The lowest BCUT2D eigenvalue weighted by Crippen LogP contribution is -2.08. The van der Waals surface area contributed by atoms with Crippen molar-refractivity contribution in [2.75, 3.05) is 5.32 Å². The van der Waals surface area contributed by atoms with Gasteiger partial charge >= 0.3 is 12.1 Å². The largest absolute Gasteiger partial charge is 0.481 e. The van der Waals surface area contributed by atoms with E-state index in [0.29, 0.717) is 23.4 Å². The molecule has 0 atom stereocenters. The van der Waals surface area contributed by atoms with E-state index in [1.807, 2.05) is 6.07 Å². The number of anilines is 1. The van der Waals surface area contributed by atoms with Crippen molar-refractivity contribution in [3.05, 3.63) is 107 Å². The SMILES string of the molecule is N#Cc1cc(NCc2cc(F)c(F)cc2-c2ccc(C(=O)CCCC(=O)O)nc2)ccc1-c1ccc(F)c(C(F)(F)F)c1. The molecule has 12 heteroatoms. The summed E-state index contributed by atoms with van der Waals surface area (Å²) < 4.78 is 81.7. The van der Waals surface area contributed by atoms with E-state index >= 15 is 0 Å². The summed E-state index contributed by atoms with van der Waals surface area (Å²) in [7, 11) is 0. The first-order valence-electron chi connectivity index (χ1n) is 12.7. The van der Waals surface area contributed by atoms with Gasteiger partial charge in [-0.25, -0.2) is 13.2 Å². The van der Waals surface area contributed by atoms with Gasteiger partial charge in [0, 0.05) is 36.8 Å². The first-order valence-corrected chi connectivity index (χ1v) is 12.7. The number of ketones is 1. The van der Waals surface area contributed by atoms with Crippen molar-refractivity contribution in [3.8, 4) is 28.3 Å². The summed E-state index contributed by atoms with van der Waals surface area (Å²) in [6.45, 7) is -0.0681. The summed E-state index contributed by atoms with van der Waals surface area (Å²) in [5.41, 5.74) is -0.0212. The van der Waals surface area contributed by atoms with Crippen LogP contribution in [0.4, 0.5) is 32.0 Å². The molecule has 43 heavy (non-hydrogen) atoms. The highest BCUT2D eigenvalue weighted by atomic mass is 19.4. The lowest BCUT2D eigenvalue weighted by atomic mass is 9.97. The zero-order chi connectivity index (χ0) is 31.3. The minimum atomic E-state index is -4.93. The Bertz CT molecular complexity index is 1730. The molecule has 0 amide bonds. The molecular weight excluding hydrogens is 576 g/mol. The molecule has 4 aromatic rings. The van der Waals surface area contributed by atoms with Gasteiger partial charge in [0.1, 0.15) is 11.5 Å². The maximum atomic E-state index is 14.2. The number of carboxylic acid groups (broad SMARTS) is 1. The Balaban J connectivity index is 1.57. The number of Topliss-reactive ketones (excluding diaryl/α,β-unsaturated/α-hetero) is 1. The van der Waals surface area contributed by atoms with E-state index in [0.717, 1.165) is 18.2 Å². The van der Waals surface area contributed by atoms with Gasteiger partial charge in [-0.3, -0.25) is 14.6 Å². The lowest BCUT2D eigenvalue weighted by molar-refractivity contribution is -0.140. The topological polar surface area (TPSA) is 103 Å².